The summed E-state index contributed by atoms with van der Waals surface area (Å²) in [5.41, 5.74) is 0.336. The van der Waals surface area contributed by atoms with Crippen LogP contribution in [0.3, 0.4) is 0 Å². The molecule has 17 heavy (non-hydrogen) atoms. The second kappa shape index (κ2) is 5.71. The number of thiophene rings is 1. The van der Waals surface area contributed by atoms with Crippen molar-refractivity contribution >= 4 is 45.0 Å². The molecule has 1 N–H and O–H groups in total. The molecule has 0 bridgehead atoms. The molecule has 0 aliphatic rings. The lowest BCUT2D eigenvalue weighted by Crippen LogP contribution is -1.95. The van der Waals surface area contributed by atoms with E-state index >= 15 is 0 Å². The van der Waals surface area contributed by atoms with Crippen LogP contribution in [0.15, 0.2) is 45.1 Å². The van der Waals surface area contributed by atoms with Crippen molar-refractivity contribution in [3.63, 3.8) is 0 Å². The highest BCUT2D eigenvalue weighted by Crippen LogP contribution is 2.28. The number of carboxylic acid groups (broad SMARTS) is 1. The molecule has 2 nitrogen and oxygen atoms in total. The Morgan fingerprint density at radius 3 is 2.88 bits per heavy atom. The van der Waals surface area contributed by atoms with E-state index in [2.05, 4.69) is 22.0 Å². The van der Waals surface area contributed by atoms with E-state index in [0.29, 0.717) is 5.56 Å². The summed E-state index contributed by atoms with van der Waals surface area (Å²) in [6.07, 6.45) is 0. The van der Waals surface area contributed by atoms with Crippen molar-refractivity contribution in [3.8, 4) is 0 Å². The van der Waals surface area contributed by atoms with E-state index in [1.807, 2.05) is 11.4 Å². The van der Waals surface area contributed by atoms with Crippen LogP contribution < -0.4 is 0 Å². The fourth-order valence-electron chi connectivity index (χ4n) is 1.30. The number of hydrogen-bond acceptors (Lipinski definition) is 3. The highest BCUT2D eigenvalue weighted by molar-refractivity contribution is 9.10. The molecule has 1 heterocycles. The maximum atomic E-state index is 10.8. The van der Waals surface area contributed by atoms with E-state index in [0.717, 1.165) is 15.1 Å². The van der Waals surface area contributed by atoms with Crippen LogP contribution >= 0.6 is 39.0 Å². The molecule has 2 rings (SSSR count). The van der Waals surface area contributed by atoms with Gasteiger partial charge in [0.1, 0.15) is 0 Å². The molecule has 0 fully saturated rings. The summed E-state index contributed by atoms with van der Waals surface area (Å²) in [5, 5.41) is 10.9. The largest absolute Gasteiger partial charge is 0.478 e. The summed E-state index contributed by atoms with van der Waals surface area (Å²) >= 11 is 6.75. The second-order valence-electron chi connectivity index (χ2n) is 3.35. The zero-order chi connectivity index (χ0) is 12.3. The molecule has 0 radical (unpaired) electrons. The maximum absolute atomic E-state index is 10.8. The average molecular weight is 329 g/mol. The van der Waals surface area contributed by atoms with Gasteiger partial charge in [0.15, 0.2) is 0 Å². The zero-order valence-corrected chi connectivity index (χ0v) is 11.9. The minimum Gasteiger partial charge on any atom is -0.478 e. The van der Waals surface area contributed by atoms with Crippen LogP contribution in [0.1, 0.15) is 15.2 Å². The van der Waals surface area contributed by atoms with Crippen LogP contribution in [0.4, 0.5) is 0 Å². The Bertz CT molecular complexity index is 537. The Morgan fingerprint density at radius 1 is 1.41 bits per heavy atom. The van der Waals surface area contributed by atoms with Crippen LogP contribution in [0, 0.1) is 0 Å². The molecule has 0 atom stereocenters. The minimum absolute atomic E-state index is 0.336. The number of thioether (sulfide) groups is 1. The smallest absolute Gasteiger partial charge is 0.335 e. The Morgan fingerprint density at radius 2 is 2.24 bits per heavy atom. The summed E-state index contributed by atoms with van der Waals surface area (Å²) in [5.74, 6) is -0.0226. The van der Waals surface area contributed by atoms with Crippen molar-refractivity contribution in [3.05, 3.63) is 50.6 Å². The Hall–Kier alpha value is -0.780. The highest BCUT2D eigenvalue weighted by atomic mass is 79.9. The lowest BCUT2D eigenvalue weighted by atomic mass is 10.2. The van der Waals surface area contributed by atoms with Gasteiger partial charge in [-0.05, 0) is 40.2 Å². The Balaban J connectivity index is 2.04. The van der Waals surface area contributed by atoms with Crippen LogP contribution in [0.5, 0.6) is 0 Å². The topological polar surface area (TPSA) is 37.3 Å². The summed E-state index contributed by atoms with van der Waals surface area (Å²) in [6, 6.07) is 9.10. The molecule has 1 aromatic carbocycles. The first-order chi connectivity index (χ1) is 8.15. The summed E-state index contributed by atoms with van der Waals surface area (Å²) in [7, 11) is 0. The SMILES string of the molecule is O=C(O)c1cccc(SCc2cc(Br)cs2)c1. The van der Waals surface area contributed by atoms with Crippen molar-refractivity contribution < 1.29 is 9.90 Å². The molecule has 0 spiro atoms. The first-order valence-corrected chi connectivity index (χ1v) is 7.50. The molecule has 0 saturated carbocycles. The van der Waals surface area contributed by atoms with Crippen molar-refractivity contribution in [1.82, 2.24) is 0 Å². The zero-order valence-electron chi connectivity index (χ0n) is 8.72. The van der Waals surface area contributed by atoms with E-state index in [4.69, 9.17) is 5.11 Å². The number of rotatable bonds is 4. The Kier molecular flexibility index (Phi) is 4.25. The van der Waals surface area contributed by atoms with Crippen molar-refractivity contribution in [2.75, 3.05) is 0 Å². The standard InChI is InChI=1S/C12H9BrO2S2/c13-9-5-11(16-6-9)7-17-10-3-1-2-8(4-10)12(14)15/h1-6H,7H2,(H,14,15). The number of aromatic carboxylic acids is 1. The molecule has 88 valence electrons. The van der Waals surface area contributed by atoms with Gasteiger partial charge in [-0.2, -0.15) is 0 Å². The molecule has 2 aromatic rings. The number of halogens is 1. The van der Waals surface area contributed by atoms with Gasteiger partial charge < -0.3 is 5.11 Å². The quantitative estimate of drug-likeness (QED) is 0.839. The van der Waals surface area contributed by atoms with Crippen molar-refractivity contribution in [2.24, 2.45) is 0 Å². The van der Waals surface area contributed by atoms with Crippen LogP contribution in [-0.2, 0) is 5.75 Å². The van der Waals surface area contributed by atoms with Gasteiger partial charge in [0, 0.05) is 25.4 Å². The second-order valence-corrected chi connectivity index (χ2v) is 6.31. The molecular formula is C12H9BrO2S2. The Labute approximate surface area is 116 Å². The number of hydrogen-bond donors (Lipinski definition) is 1. The molecule has 0 aliphatic carbocycles. The van der Waals surface area contributed by atoms with Gasteiger partial charge in [0.2, 0.25) is 0 Å². The van der Waals surface area contributed by atoms with Gasteiger partial charge in [-0.15, -0.1) is 23.1 Å². The third-order valence-electron chi connectivity index (χ3n) is 2.08. The fourth-order valence-corrected chi connectivity index (χ4v) is 3.76. The fraction of sp³-hybridized carbons (Fsp3) is 0.0833. The molecule has 1 aromatic heterocycles. The van der Waals surface area contributed by atoms with Gasteiger partial charge in [-0.1, -0.05) is 6.07 Å². The molecular weight excluding hydrogens is 320 g/mol. The van der Waals surface area contributed by atoms with Gasteiger partial charge in [0.25, 0.3) is 0 Å². The molecule has 5 heteroatoms. The first kappa shape index (κ1) is 12.7. The molecule has 0 unspecified atom stereocenters. The minimum atomic E-state index is -0.883. The van der Waals surface area contributed by atoms with Crippen molar-refractivity contribution in [2.45, 2.75) is 10.6 Å². The van der Waals surface area contributed by atoms with Gasteiger partial charge in [0.05, 0.1) is 5.56 Å². The summed E-state index contributed by atoms with van der Waals surface area (Å²) < 4.78 is 1.09. The van der Waals surface area contributed by atoms with Gasteiger partial charge in [-0.25, -0.2) is 4.79 Å². The number of carbonyl (C=O) groups is 1. The van der Waals surface area contributed by atoms with E-state index in [9.17, 15) is 4.79 Å². The lowest BCUT2D eigenvalue weighted by Gasteiger charge is -2.01. The molecule has 0 amide bonds. The monoisotopic (exact) mass is 328 g/mol. The molecule has 0 saturated heterocycles. The molecule has 0 aliphatic heterocycles. The summed E-state index contributed by atoms with van der Waals surface area (Å²) in [6.45, 7) is 0. The predicted octanol–water partition coefficient (Wildman–Crippen LogP) is 4.50. The van der Waals surface area contributed by atoms with Crippen molar-refractivity contribution in [1.29, 1.82) is 0 Å². The third-order valence-corrected chi connectivity index (χ3v) is 5.01. The van der Waals surface area contributed by atoms with E-state index in [1.165, 1.54) is 4.88 Å². The lowest BCUT2D eigenvalue weighted by molar-refractivity contribution is 0.0696. The normalized spacial score (nSPS) is 10.4. The van der Waals surface area contributed by atoms with Crippen LogP contribution in [0.25, 0.3) is 0 Å². The van der Waals surface area contributed by atoms with Crippen LogP contribution in [-0.4, -0.2) is 11.1 Å². The van der Waals surface area contributed by atoms with E-state index in [-0.39, 0.29) is 0 Å². The first-order valence-electron chi connectivity index (χ1n) is 4.84. The average Bonchev–Trinajstić information content (AvgIpc) is 2.73. The van der Waals surface area contributed by atoms with Crippen LogP contribution in [0.2, 0.25) is 0 Å². The third kappa shape index (κ3) is 3.59. The summed E-state index contributed by atoms with van der Waals surface area (Å²) in [4.78, 5) is 13.1. The van der Waals surface area contributed by atoms with E-state index in [1.54, 1.807) is 41.3 Å². The highest BCUT2D eigenvalue weighted by Gasteiger charge is 2.04. The number of benzene rings is 1. The maximum Gasteiger partial charge on any atom is 0.335 e. The van der Waals surface area contributed by atoms with Gasteiger partial charge >= 0.3 is 5.97 Å². The van der Waals surface area contributed by atoms with Gasteiger partial charge in [-0.3, -0.25) is 0 Å². The number of carboxylic acids is 1. The van der Waals surface area contributed by atoms with E-state index < -0.39 is 5.97 Å². The predicted molar refractivity (Wildman–Crippen MR) is 75.0 cm³/mol.